The second-order valence-corrected chi connectivity index (χ2v) is 8.06. The lowest BCUT2D eigenvalue weighted by Crippen LogP contribution is -2.43. The van der Waals surface area contributed by atoms with E-state index in [4.69, 9.17) is 4.74 Å². The zero-order chi connectivity index (χ0) is 19.4. The molecule has 1 saturated heterocycles. The topological polar surface area (TPSA) is 75.7 Å². The number of hydrogen-bond acceptors (Lipinski definition) is 4. The van der Waals surface area contributed by atoms with E-state index < -0.39 is 21.9 Å². The molecule has 1 heterocycles. The lowest BCUT2D eigenvalue weighted by Gasteiger charge is -2.23. The minimum Gasteiger partial charge on any atom is -0.494 e. The molecule has 6 nitrogen and oxygen atoms in total. The standard InChI is InChI=1S/C19H21FN2O4S/c1-2-26-16-9-7-15(8-10-16)21-19(23)18-4-3-13-22(18)27(24,25)17-11-5-14(20)6-12-17/h5-12,18H,2-4,13H2,1H3,(H,21,23). The number of nitrogens with zero attached hydrogens (tertiary/aromatic N) is 1. The summed E-state index contributed by atoms with van der Waals surface area (Å²) in [6.07, 6.45) is 1.02. The summed E-state index contributed by atoms with van der Waals surface area (Å²) in [6.45, 7) is 2.68. The molecule has 0 aromatic heterocycles. The van der Waals surface area contributed by atoms with Gasteiger partial charge in [0.1, 0.15) is 17.6 Å². The fraction of sp³-hybridized carbons (Fsp3) is 0.316. The van der Waals surface area contributed by atoms with Gasteiger partial charge in [-0.05, 0) is 68.3 Å². The molecule has 0 aliphatic carbocycles. The average Bonchev–Trinajstić information content (AvgIpc) is 3.15. The third-order valence-corrected chi connectivity index (χ3v) is 6.28. The van der Waals surface area contributed by atoms with E-state index in [9.17, 15) is 17.6 Å². The Bertz CT molecular complexity index is 898. The number of carbonyl (C=O) groups is 1. The molecule has 1 fully saturated rings. The molecule has 0 radical (unpaired) electrons. The Morgan fingerprint density at radius 3 is 2.48 bits per heavy atom. The first-order valence-electron chi connectivity index (χ1n) is 8.73. The average molecular weight is 392 g/mol. The molecule has 1 aliphatic rings. The van der Waals surface area contributed by atoms with Gasteiger partial charge in [0.15, 0.2) is 0 Å². The van der Waals surface area contributed by atoms with Crippen molar-refractivity contribution in [1.29, 1.82) is 0 Å². The minimum absolute atomic E-state index is 0.0235. The van der Waals surface area contributed by atoms with Gasteiger partial charge in [0, 0.05) is 12.2 Å². The van der Waals surface area contributed by atoms with Crippen LogP contribution in [0.1, 0.15) is 19.8 Å². The molecule has 1 aliphatic heterocycles. The van der Waals surface area contributed by atoms with Crippen molar-refractivity contribution in [3.63, 3.8) is 0 Å². The van der Waals surface area contributed by atoms with Crippen molar-refractivity contribution >= 4 is 21.6 Å². The SMILES string of the molecule is CCOc1ccc(NC(=O)C2CCCN2S(=O)(=O)c2ccc(F)cc2)cc1. The van der Waals surface area contributed by atoms with E-state index in [1.807, 2.05) is 6.92 Å². The Balaban J connectivity index is 1.75. The molecule has 144 valence electrons. The van der Waals surface area contributed by atoms with Crippen LogP contribution in [0.4, 0.5) is 10.1 Å². The summed E-state index contributed by atoms with van der Waals surface area (Å²) in [7, 11) is -3.87. The first kappa shape index (κ1) is 19.3. The first-order chi connectivity index (χ1) is 12.9. The van der Waals surface area contributed by atoms with Crippen molar-refractivity contribution in [2.75, 3.05) is 18.5 Å². The van der Waals surface area contributed by atoms with Gasteiger partial charge < -0.3 is 10.1 Å². The molecule has 2 aromatic carbocycles. The van der Waals surface area contributed by atoms with E-state index in [-0.39, 0.29) is 17.3 Å². The maximum atomic E-state index is 13.1. The van der Waals surface area contributed by atoms with Crippen LogP contribution in [-0.4, -0.2) is 37.8 Å². The normalized spacial score (nSPS) is 17.6. The molecule has 1 amide bonds. The van der Waals surface area contributed by atoms with Crippen LogP contribution in [0.2, 0.25) is 0 Å². The summed E-state index contributed by atoms with van der Waals surface area (Å²) in [5.41, 5.74) is 0.564. The van der Waals surface area contributed by atoms with Gasteiger partial charge >= 0.3 is 0 Å². The summed E-state index contributed by atoms with van der Waals surface area (Å²) in [6, 6.07) is 10.7. The predicted octanol–water partition coefficient (Wildman–Crippen LogP) is 3.02. The van der Waals surface area contributed by atoms with E-state index in [1.165, 1.54) is 16.4 Å². The molecule has 27 heavy (non-hydrogen) atoms. The predicted molar refractivity (Wildman–Crippen MR) is 99.6 cm³/mol. The Hall–Kier alpha value is -2.45. The molecule has 1 atom stereocenters. The van der Waals surface area contributed by atoms with E-state index in [0.29, 0.717) is 30.9 Å². The Labute approximate surface area is 158 Å². The fourth-order valence-electron chi connectivity index (χ4n) is 3.06. The van der Waals surface area contributed by atoms with Crippen LogP contribution >= 0.6 is 0 Å². The van der Waals surface area contributed by atoms with Crippen LogP contribution in [0.5, 0.6) is 5.75 Å². The van der Waals surface area contributed by atoms with Crippen molar-refractivity contribution in [3.05, 3.63) is 54.3 Å². The Morgan fingerprint density at radius 1 is 1.19 bits per heavy atom. The van der Waals surface area contributed by atoms with Gasteiger partial charge in [-0.1, -0.05) is 0 Å². The number of nitrogens with one attached hydrogen (secondary N) is 1. The van der Waals surface area contributed by atoms with Gasteiger partial charge in [-0.2, -0.15) is 4.31 Å². The van der Waals surface area contributed by atoms with Crippen LogP contribution in [0.25, 0.3) is 0 Å². The molecule has 2 aromatic rings. The van der Waals surface area contributed by atoms with E-state index in [0.717, 1.165) is 12.1 Å². The number of rotatable bonds is 6. The smallest absolute Gasteiger partial charge is 0.243 e. The number of ether oxygens (including phenoxy) is 1. The van der Waals surface area contributed by atoms with Gasteiger partial charge in [-0.15, -0.1) is 0 Å². The zero-order valence-corrected chi connectivity index (χ0v) is 15.7. The van der Waals surface area contributed by atoms with Crippen LogP contribution in [-0.2, 0) is 14.8 Å². The van der Waals surface area contributed by atoms with Gasteiger partial charge in [0.25, 0.3) is 0 Å². The highest BCUT2D eigenvalue weighted by atomic mass is 32.2. The molecule has 0 spiro atoms. The summed E-state index contributed by atoms with van der Waals surface area (Å²) in [4.78, 5) is 12.6. The van der Waals surface area contributed by atoms with Gasteiger partial charge in [-0.25, -0.2) is 12.8 Å². The second kappa shape index (κ2) is 8.06. The third kappa shape index (κ3) is 4.28. The van der Waals surface area contributed by atoms with Crippen molar-refractivity contribution in [1.82, 2.24) is 4.31 Å². The highest BCUT2D eigenvalue weighted by Gasteiger charge is 2.39. The largest absolute Gasteiger partial charge is 0.494 e. The number of hydrogen-bond donors (Lipinski definition) is 1. The van der Waals surface area contributed by atoms with Crippen LogP contribution in [0.3, 0.4) is 0 Å². The van der Waals surface area contributed by atoms with Gasteiger partial charge in [-0.3, -0.25) is 4.79 Å². The van der Waals surface area contributed by atoms with Gasteiger partial charge in [0.05, 0.1) is 11.5 Å². The second-order valence-electron chi connectivity index (χ2n) is 6.17. The molecule has 3 rings (SSSR count). The van der Waals surface area contributed by atoms with E-state index >= 15 is 0 Å². The van der Waals surface area contributed by atoms with E-state index in [2.05, 4.69) is 5.32 Å². The number of benzene rings is 2. The number of halogens is 1. The first-order valence-corrected chi connectivity index (χ1v) is 10.2. The van der Waals surface area contributed by atoms with Crippen molar-refractivity contribution in [2.45, 2.75) is 30.7 Å². The number of sulfonamides is 1. The molecule has 1 unspecified atom stereocenters. The minimum atomic E-state index is -3.87. The monoisotopic (exact) mass is 392 g/mol. The van der Waals surface area contributed by atoms with Crippen molar-refractivity contribution < 1.29 is 22.3 Å². The van der Waals surface area contributed by atoms with Crippen LogP contribution < -0.4 is 10.1 Å². The Morgan fingerprint density at radius 2 is 1.85 bits per heavy atom. The number of anilines is 1. The molecular weight excluding hydrogens is 371 g/mol. The number of amides is 1. The van der Waals surface area contributed by atoms with E-state index in [1.54, 1.807) is 24.3 Å². The fourth-order valence-corrected chi connectivity index (χ4v) is 4.71. The van der Waals surface area contributed by atoms with Gasteiger partial charge in [0.2, 0.25) is 15.9 Å². The quantitative estimate of drug-likeness (QED) is 0.820. The Kier molecular flexibility index (Phi) is 5.76. The van der Waals surface area contributed by atoms with Crippen molar-refractivity contribution in [3.8, 4) is 5.75 Å². The lowest BCUT2D eigenvalue weighted by atomic mass is 10.2. The summed E-state index contributed by atoms with van der Waals surface area (Å²) in [5, 5.41) is 2.76. The highest BCUT2D eigenvalue weighted by Crippen LogP contribution is 2.27. The molecular formula is C19H21FN2O4S. The van der Waals surface area contributed by atoms with Crippen LogP contribution in [0, 0.1) is 5.82 Å². The van der Waals surface area contributed by atoms with Crippen molar-refractivity contribution in [2.24, 2.45) is 0 Å². The van der Waals surface area contributed by atoms with Crippen LogP contribution in [0.15, 0.2) is 53.4 Å². The molecule has 1 N–H and O–H groups in total. The summed E-state index contributed by atoms with van der Waals surface area (Å²) in [5.74, 6) is -0.209. The number of carbonyl (C=O) groups excluding carboxylic acids is 1. The zero-order valence-electron chi connectivity index (χ0n) is 14.9. The molecule has 8 heteroatoms. The summed E-state index contributed by atoms with van der Waals surface area (Å²) >= 11 is 0. The molecule has 0 bridgehead atoms. The lowest BCUT2D eigenvalue weighted by molar-refractivity contribution is -0.119. The summed E-state index contributed by atoms with van der Waals surface area (Å²) < 4.78 is 45.3. The third-order valence-electron chi connectivity index (χ3n) is 4.36. The maximum Gasteiger partial charge on any atom is 0.243 e. The maximum absolute atomic E-state index is 13.1. The highest BCUT2D eigenvalue weighted by molar-refractivity contribution is 7.89. The molecule has 0 saturated carbocycles.